The number of ketones is 1. The second-order valence-electron chi connectivity index (χ2n) is 15.0. The molecule has 2 amide bonds. The van der Waals surface area contributed by atoms with Crippen LogP contribution in [0, 0.1) is 5.41 Å². The maximum atomic E-state index is 14.6. The van der Waals surface area contributed by atoms with E-state index in [1.165, 1.54) is 21.8 Å². The summed E-state index contributed by atoms with van der Waals surface area (Å²) in [5, 5.41) is 30.2. The first kappa shape index (κ1) is 36.3. The van der Waals surface area contributed by atoms with Gasteiger partial charge in [0, 0.05) is 32.8 Å². The number of aliphatic hydroxyl groups is 2. The molecule has 4 unspecified atom stereocenters. The number of thiophene rings is 2. The minimum Gasteiger partial charge on any atom is -0.393 e. The SMILES string of the molecule is CC1=CCCC2(C)C(CCC2(O)CN(CCc2cccs2)C(=O)Nc2ccccc2)c2ccc(cc2C(=O)c2cc3ccccc3s2)CC(O)CC1. The van der Waals surface area contributed by atoms with Crippen LogP contribution < -0.4 is 5.32 Å². The molecule has 270 valence electrons. The summed E-state index contributed by atoms with van der Waals surface area (Å²) in [5.74, 6) is -0.147. The van der Waals surface area contributed by atoms with Crippen LogP contribution >= 0.6 is 22.7 Å². The molecule has 2 heterocycles. The first-order valence-electron chi connectivity index (χ1n) is 18.5. The molecule has 4 atom stereocenters. The fourth-order valence-corrected chi connectivity index (χ4v) is 10.1. The van der Waals surface area contributed by atoms with Crippen molar-refractivity contribution in [3.63, 3.8) is 0 Å². The molecule has 6 nitrogen and oxygen atoms in total. The number of rotatable bonds is 8. The number of carbonyl (C=O) groups excluding carboxylic acids is 2. The van der Waals surface area contributed by atoms with Gasteiger partial charge in [-0.15, -0.1) is 22.7 Å². The molecule has 8 rings (SSSR count). The van der Waals surface area contributed by atoms with Gasteiger partial charge in [0.15, 0.2) is 0 Å². The fraction of sp³-hybridized carbons (Fsp3) is 0.364. The van der Waals surface area contributed by atoms with Crippen LogP contribution in [0.2, 0.25) is 0 Å². The summed E-state index contributed by atoms with van der Waals surface area (Å²) in [4.78, 5) is 32.3. The first-order chi connectivity index (χ1) is 25.1. The normalized spacial score (nSPS) is 23.5. The van der Waals surface area contributed by atoms with E-state index in [4.69, 9.17) is 0 Å². The van der Waals surface area contributed by atoms with Crippen molar-refractivity contribution >= 4 is 50.3 Å². The molecule has 2 bridgehead atoms. The van der Waals surface area contributed by atoms with Crippen molar-refractivity contribution < 1.29 is 19.8 Å². The second-order valence-corrected chi connectivity index (χ2v) is 17.1. The van der Waals surface area contributed by atoms with E-state index < -0.39 is 17.1 Å². The van der Waals surface area contributed by atoms with E-state index in [0.717, 1.165) is 34.1 Å². The average molecular weight is 733 g/mol. The van der Waals surface area contributed by atoms with Crippen LogP contribution in [0.15, 0.2) is 108 Å². The monoisotopic (exact) mass is 732 g/mol. The molecule has 0 aliphatic heterocycles. The molecule has 3 aliphatic carbocycles. The third-order valence-electron chi connectivity index (χ3n) is 11.5. The summed E-state index contributed by atoms with van der Waals surface area (Å²) in [6.45, 7) is 4.94. The number of amides is 2. The lowest BCUT2D eigenvalue weighted by Crippen LogP contribution is -2.54. The zero-order chi connectivity index (χ0) is 36.3. The van der Waals surface area contributed by atoms with Crippen molar-refractivity contribution in [2.45, 2.75) is 82.8 Å². The third kappa shape index (κ3) is 7.67. The lowest BCUT2D eigenvalue weighted by Gasteiger charge is -2.46. The summed E-state index contributed by atoms with van der Waals surface area (Å²) < 4.78 is 1.07. The number of nitrogens with zero attached hydrogens (tertiary/aromatic N) is 1. The maximum absolute atomic E-state index is 14.6. The molecular formula is C44H48N2O4S2. The number of anilines is 1. The highest BCUT2D eigenvalue weighted by molar-refractivity contribution is 7.21. The molecule has 0 radical (unpaired) electrons. The Hall–Kier alpha value is -4.08. The number of carbonyl (C=O) groups is 2. The van der Waals surface area contributed by atoms with Crippen molar-refractivity contribution in [3.05, 3.63) is 134 Å². The van der Waals surface area contributed by atoms with Crippen LogP contribution in [0.3, 0.4) is 0 Å². The van der Waals surface area contributed by atoms with Gasteiger partial charge < -0.3 is 20.4 Å². The van der Waals surface area contributed by atoms with Gasteiger partial charge >= 0.3 is 6.03 Å². The van der Waals surface area contributed by atoms with Crippen LogP contribution in [-0.2, 0) is 12.8 Å². The molecule has 5 aromatic rings. The number of allylic oxidation sites excluding steroid dienone is 2. The number of para-hydroxylation sites is 1. The maximum Gasteiger partial charge on any atom is 0.321 e. The molecule has 3 aromatic carbocycles. The zero-order valence-electron chi connectivity index (χ0n) is 30.0. The van der Waals surface area contributed by atoms with Crippen molar-refractivity contribution in [3.8, 4) is 0 Å². The molecule has 1 saturated carbocycles. The van der Waals surface area contributed by atoms with E-state index in [1.54, 1.807) is 16.2 Å². The highest BCUT2D eigenvalue weighted by atomic mass is 32.1. The van der Waals surface area contributed by atoms with E-state index >= 15 is 0 Å². The van der Waals surface area contributed by atoms with E-state index in [0.29, 0.717) is 61.2 Å². The number of hydrogen-bond donors (Lipinski definition) is 3. The Bertz CT molecular complexity index is 2020. The van der Waals surface area contributed by atoms with Gasteiger partial charge in [0.2, 0.25) is 5.78 Å². The zero-order valence-corrected chi connectivity index (χ0v) is 31.6. The Kier molecular flexibility index (Phi) is 10.8. The van der Waals surface area contributed by atoms with Crippen LogP contribution in [0.5, 0.6) is 0 Å². The highest BCUT2D eigenvalue weighted by Crippen LogP contribution is 2.59. The van der Waals surface area contributed by atoms with Crippen molar-refractivity contribution in [1.29, 1.82) is 0 Å². The van der Waals surface area contributed by atoms with Gasteiger partial charge in [0.05, 0.1) is 23.1 Å². The number of aliphatic hydroxyl groups excluding tert-OH is 1. The molecule has 2 aromatic heterocycles. The second kappa shape index (κ2) is 15.5. The van der Waals surface area contributed by atoms with Gasteiger partial charge in [-0.1, -0.05) is 73.2 Å². The van der Waals surface area contributed by atoms with Gasteiger partial charge in [0.25, 0.3) is 0 Å². The molecule has 8 heteroatoms. The summed E-state index contributed by atoms with van der Waals surface area (Å²) in [7, 11) is 0. The molecule has 3 aliphatic rings. The Balaban J connectivity index is 1.28. The van der Waals surface area contributed by atoms with Crippen molar-refractivity contribution in [1.82, 2.24) is 4.90 Å². The molecule has 52 heavy (non-hydrogen) atoms. The van der Waals surface area contributed by atoms with E-state index in [2.05, 4.69) is 43.4 Å². The fourth-order valence-electron chi connectivity index (χ4n) is 8.42. The van der Waals surface area contributed by atoms with E-state index in [1.807, 2.05) is 78.2 Å². The number of nitrogens with one attached hydrogen (secondary N) is 1. The van der Waals surface area contributed by atoms with Gasteiger partial charge in [-0.05, 0) is 122 Å². The molecule has 0 spiro atoms. The Morgan fingerprint density at radius 1 is 0.962 bits per heavy atom. The quantitative estimate of drug-likeness (QED) is 0.109. The summed E-state index contributed by atoms with van der Waals surface area (Å²) >= 11 is 3.18. The molecular weight excluding hydrogens is 685 g/mol. The molecule has 3 N–H and O–H groups in total. The van der Waals surface area contributed by atoms with Crippen LogP contribution in [-0.4, -0.2) is 51.7 Å². The van der Waals surface area contributed by atoms with Gasteiger partial charge in [-0.3, -0.25) is 4.79 Å². The minimum atomic E-state index is -1.22. The number of fused-ring (bicyclic) bond motifs is 9. The predicted octanol–water partition coefficient (Wildman–Crippen LogP) is 10.0. The van der Waals surface area contributed by atoms with Crippen LogP contribution in [0.25, 0.3) is 10.1 Å². The summed E-state index contributed by atoms with van der Waals surface area (Å²) in [5.41, 5.74) is 2.60. The number of urea groups is 1. The standard InChI is InChI=1S/C44H48N2O4S2/c1-30-10-8-22-43(2)38(20-23-44(43,50)29-46(24-21-35-14-9-25-51-35)42(49)45-33-12-4-3-5-13-33)36-19-17-31(26-34(47)18-16-30)27-37(36)41(48)40-28-32-11-6-7-15-39(32)52-40/h3-7,9-15,17,19,25,27-28,34,38,47,50H,8,16,18,20-24,26,29H2,1-2H3,(H,45,49). The topological polar surface area (TPSA) is 89.9 Å². The van der Waals surface area contributed by atoms with E-state index in [-0.39, 0.29) is 24.3 Å². The lowest BCUT2D eigenvalue weighted by atomic mass is 9.64. The Morgan fingerprint density at radius 2 is 1.77 bits per heavy atom. The highest BCUT2D eigenvalue weighted by Gasteiger charge is 2.57. The van der Waals surface area contributed by atoms with Gasteiger partial charge in [-0.25, -0.2) is 4.79 Å². The Labute approximate surface area is 314 Å². The largest absolute Gasteiger partial charge is 0.393 e. The summed E-state index contributed by atoms with van der Waals surface area (Å²) in [6, 6.07) is 29.6. The third-order valence-corrected chi connectivity index (χ3v) is 13.6. The summed E-state index contributed by atoms with van der Waals surface area (Å²) in [6.07, 6.45) is 6.96. The van der Waals surface area contributed by atoms with Crippen molar-refractivity contribution in [2.75, 3.05) is 18.4 Å². The van der Waals surface area contributed by atoms with Gasteiger partial charge in [-0.2, -0.15) is 0 Å². The predicted molar refractivity (Wildman–Crippen MR) is 214 cm³/mol. The molecule has 1 fully saturated rings. The number of hydrogen-bond acceptors (Lipinski definition) is 6. The minimum absolute atomic E-state index is 0.0204. The Morgan fingerprint density at radius 3 is 2.56 bits per heavy atom. The smallest absolute Gasteiger partial charge is 0.321 e. The first-order valence-corrected chi connectivity index (χ1v) is 20.2. The van der Waals surface area contributed by atoms with E-state index in [9.17, 15) is 19.8 Å². The molecule has 0 saturated heterocycles. The van der Waals surface area contributed by atoms with Crippen LogP contribution in [0.1, 0.15) is 89.5 Å². The van der Waals surface area contributed by atoms with Gasteiger partial charge in [0.1, 0.15) is 0 Å². The average Bonchev–Trinajstić information content (AvgIpc) is 3.88. The number of benzene rings is 3. The lowest BCUT2D eigenvalue weighted by molar-refractivity contribution is -0.0762. The van der Waals surface area contributed by atoms with Crippen molar-refractivity contribution in [2.24, 2.45) is 5.41 Å². The van der Waals surface area contributed by atoms with Crippen LogP contribution in [0.4, 0.5) is 10.5 Å².